The average molecular weight is 239 g/mol. The lowest BCUT2D eigenvalue weighted by molar-refractivity contribution is -0.138. The smallest absolute Gasteiger partial charge is 0.303 e. The molecule has 0 aromatic rings. The third-order valence-electron chi connectivity index (χ3n) is 2.42. The van der Waals surface area contributed by atoms with E-state index in [-0.39, 0.29) is 24.2 Å². The summed E-state index contributed by atoms with van der Waals surface area (Å²) in [6, 6.07) is 0. The Hall–Kier alpha value is -1.58. The number of hydrogen-bond acceptors (Lipinski definition) is 2. The van der Waals surface area contributed by atoms with Crippen LogP contribution in [0.4, 0.5) is 0 Å². The van der Waals surface area contributed by atoms with Gasteiger partial charge in [0.15, 0.2) is 0 Å². The Balaban J connectivity index is 4.07. The molecule has 0 radical (unpaired) electrons. The van der Waals surface area contributed by atoms with Gasteiger partial charge in [-0.2, -0.15) is 0 Å². The molecule has 0 aliphatic rings. The van der Waals surface area contributed by atoms with E-state index in [1.807, 2.05) is 0 Å². The Morgan fingerprint density at radius 1 is 1.29 bits per heavy atom. The Kier molecular flexibility index (Phi) is 7.76. The maximum Gasteiger partial charge on any atom is 0.303 e. The van der Waals surface area contributed by atoms with Crippen molar-refractivity contribution in [3.63, 3.8) is 0 Å². The summed E-state index contributed by atoms with van der Waals surface area (Å²) in [5.74, 6) is -1.13. The lowest BCUT2D eigenvalue weighted by Crippen LogP contribution is -2.34. The minimum Gasteiger partial charge on any atom is -0.481 e. The molecule has 0 heterocycles. The van der Waals surface area contributed by atoms with E-state index in [1.165, 1.54) is 0 Å². The number of carboxylic acids is 1. The molecule has 2 N–H and O–H groups in total. The summed E-state index contributed by atoms with van der Waals surface area (Å²) in [5, 5.41) is 11.3. The minimum atomic E-state index is -0.847. The summed E-state index contributed by atoms with van der Waals surface area (Å²) < 4.78 is 0. The number of aliphatic carboxylic acids is 1. The Morgan fingerprint density at radius 3 is 2.24 bits per heavy atom. The molecule has 1 amide bonds. The quantitative estimate of drug-likeness (QED) is 0.605. The summed E-state index contributed by atoms with van der Waals surface area (Å²) >= 11 is 0. The molecule has 0 aliphatic heterocycles. The fraction of sp³-hybridized carbons (Fsp3) is 0.538. The van der Waals surface area contributed by atoms with Crippen LogP contribution >= 0.6 is 0 Å². The SMILES string of the molecule is C=CCC(CC=C)C(=O)NCC(C)CC(=O)O. The fourth-order valence-electron chi connectivity index (χ4n) is 1.50. The van der Waals surface area contributed by atoms with E-state index >= 15 is 0 Å². The maximum absolute atomic E-state index is 11.8. The summed E-state index contributed by atoms with van der Waals surface area (Å²) in [4.78, 5) is 22.2. The number of amides is 1. The van der Waals surface area contributed by atoms with Crippen molar-refractivity contribution >= 4 is 11.9 Å². The minimum absolute atomic E-state index is 0.0634. The fourth-order valence-corrected chi connectivity index (χ4v) is 1.50. The molecule has 0 rings (SSSR count). The van der Waals surface area contributed by atoms with Gasteiger partial charge >= 0.3 is 5.97 Å². The van der Waals surface area contributed by atoms with E-state index in [2.05, 4.69) is 18.5 Å². The molecule has 17 heavy (non-hydrogen) atoms. The lowest BCUT2D eigenvalue weighted by Gasteiger charge is -2.15. The third-order valence-corrected chi connectivity index (χ3v) is 2.42. The number of nitrogens with one attached hydrogen (secondary N) is 1. The van der Waals surface area contributed by atoms with Crippen LogP contribution in [-0.4, -0.2) is 23.5 Å². The Labute approximate surface area is 102 Å². The maximum atomic E-state index is 11.8. The zero-order valence-corrected chi connectivity index (χ0v) is 10.3. The number of carbonyl (C=O) groups is 2. The predicted molar refractivity (Wildman–Crippen MR) is 67.5 cm³/mol. The Morgan fingerprint density at radius 2 is 1.82 bits per heavy atom. The molecule has 0 saturated carbocycles. The molecule has 0 bridgehead atoms. The normalized spacial score (nSPS) is 11.9. The van der Waals surface area contributed by atoms with Gasteiger partial charge in [0.1, 0.15) is 0 Å². The topological polar surface area (TPSA) is 66.4 Å². The molecule has 0 aliphatic carbocycles. The van der Waals surface area contributed by atoms with E-state index in [4.69, 9.17) is 5.11 Å². The van der Waals surface area contributed by atoms with Crippen LogP contribution < -0.4 is 5.32 Å². The molecular weight excluding hydrogens is 218 g/mol. The van der Waals surface area contributed by atoms with Crippen LogP contribution in [0.25, 0.3) is 0 Å². The number of rotatable bonds is 9. The highest BCUT2D eigenvalue weighted by molar-refractivity contribution is 5.79. The zero-order valence-electron chi connectivity index (χ0n) is 10.3. The first-order valence-electron chi connectivity index (χ1n) is 5.72. The van der Waals surface area contributed by atoms with Crippen LogP contribution in [0.3, 0.4) is 0 Å². The first-order valence-corrected chi connectivity index (χ1v) is 5.72. The first-order chi connectivity index (χ1) is 8.01. The van der Waals surface area contributed by atoms with Crippen molar-refractivity contribution in [2.75, 3.05) is 6.54 Å². The van der Waals surface area contributed by atoms with E-state index in [9.17, 15) is 9.59 Å². The summed E-state index contributed by atoms with van der Waals surface area (Å²) in [7, 11) is 0. The molecule has 4 nitrogen and oxygen atoms in total. The summed E-state index contributed by atoms with van der Waals surface area (Å²) in [6.07, 6.45) is 4.67. The van der Waals surface area contributed by atoms with E-state index < -0.39 is 5.97 Å². The summed E-state index contributed by atoms with van der Waals surface area (Å²) in [6.45, 7) is 9.40. The van der Waals surface area contributed by atoms with Crippen LogP contribution in [0.2, 0.25) is 0 Å². The van der Waals surface area contributed by atoms with Gasteiger partial charge in [-0.05, 0) is 18.8 Å². The molecule has 0 fully saturated rings. The third kappa shape index (κ3) is 7.33. The van der Waals surface area contributed by atoms with Gasteiger partial charge in [0.2, 0.25) is 5.91 Å². The molecular formula is C13H21NO3. The lowest BCUT2D eigenvalue weighted by atomic mass is 10.00. The second-order valence-electron chi connectivity index (χ2n) is 4.19. The van der Waals surface area contributed by atoms with Crippen LogP contribution in [0.15, 0.2) is 25.3 Å². The highest BCUT2D eigenvalue weighted by Crippen LogP contribution is 2.10. The molecule has 4 heteroatoms. The van der Waals surface area contributed by atoms with Gasteiger partial charge in [0, 0.05) is 18.9 Å². The molecule has 1 atom stereocenters. The van der Waals surface area contributed by atoms with E-state index in [0.29, 0.717) is 19.4 Å². The highest BCUT2D eigenvalue weighted by atomic mass is 16.4. The van der Waals surface area contributed by atoms with Gasteiger partial charge in [-0.1, -0.05) is 19.1 Å². The van der Waals surface area contributed by atoms with Gasteiger partial charge < -0.3 is 10.4 Å². The van der Waals surface area contributed by atoms with Gasteiger partial charge in [0.05, 0.1) is 0 Å². The number of carbonyl (C=O) groups excluding carboxylic acids is 1. The van der Waals surface area contributed by atoms with Gasteiger partial charge in [-0.25, -0.2) is 0 Å². The largest absolute Gasteiger partial charge is 0.481 e. The van der Waals surface area contributed by atoms with Crippen LogP contribution in [0.1, 0.15) is 26.2 Å². The standard InChI is InChI=1S/C13H21NO3/c1-4-6-11(7-5-2)13(17)14-9-10(3)8-12(15)16/h4-5,10-11H,1-2,6-9H2,3H3,(H,14,17)(H,15,16). The van der Waals surface area contributed by atoms with E-state index in [0.717, 1.165) is 0 Å². The number of hydrogen-bond donors (Lipinski definition) is 2. The predicted octanol–water partition coefficient (Wildman–Crippen LogP) is 1.98. The molecule has 0 aromatic carbocycles. The van der Waals surface area contributed by atoms with Crippen molar-refractivity contribution in [1.82, 2.24) is 5.32 Å². The second-order valence-corrected chi connectivity index (χ2v) is 4.19. The van der Waals surface area contributed by atoms with E-state index in [1.54, 1.807) is 19.1 Å². The van der Waals surface area contributed by atoms with Gasteiger partial charge in [-0.3, -0.25) is 9.59 Å². The van der Waals surface area contributed by atoms with Crippen molar-refractivity contribution in [2.24, 2.45) is 11.8 Å². The zero-order chi connectivity index (χ0) is 13.3. The van der Waals surface area contributed by atoms with Crippen LogP contribution in [0.5, 0.6) is 0 Å². The average Bonchev–Trinajstić information content (AvgIpc) is 2.24. The molecule has 1 unspecified atom stereocenters. The Bertz CT molecular complexity index is 276. The van der Waals surface area contributed by atoms with Crippen molar-refractivity contribution < 1.29 is 14.7 Å². The second kappa shape index (κ2) is 8.56. The van der Waals surface area contributed by atoms with Crippen molar-refractivity contribution in [3.05, 3.63) is 25.3 Å². The van der Waals surface area contributed by atoms with Gasteiger partial charge in [0.25, 0.3) is 0 Å². The highest BCUT2D eigenvalue weighted by Gasteiger charge is 2.16. The van der Waals surface area contributed by atoms with Crippen molar-refractivity contribution in [3.8, 4) is 0 Å². The molecule has 0 aromatic heterocycles. The monoisotopic (exact) mass is 239 g/mol. The number of carboxylic acid groups (broad SMARTS) is 1. The van der Waals surface area contributed by atoms with Gasteiger partial charge in [-0.15, -0.1) is 13.2 Å². The molecule has 96 valence electrons. The summed E-state index contributed by atoms with van der Waals surface area (Å²) in [5.41, 5.74) is 0. The molecule has 0 spiro atoms. The van der Waals surface area contributed by atoms with Crippen LogP contribution in [-0.2, 0) is 9.59 Å². The van der Waals surface area contributed by atoms with Crippen molar-refractivity contribution in [2.45, 2.75) is 26.2 Å². The first kappa shape index (κ1) is 15.4. The number of allylic oxidation sites excluding steroid dienone is 2. The molecule has 0 saturated heterocycles. The van der Waals surface area contributed by atoms with Crippen LogP contribution in [0, 0.1) is 11.8 Å². The van der Waals surface area contributed by atoms with Crippen molar-refractivity contribution in [1.29, 1.82) is 0 Å².